The first-order valence-electron chi connectivity index (χ1n) is 5.15. The molecule has 1 amide bonds. The molecular formula is C10H18N2O5. The SMILES string of the molecule is CNC(C)(C)C(=O)NC(CCC(=O)O)C(=O)O. The van der Waals surface area contributed by atoms with Gasteiger partial charge in [-0.2, -0.15) is 0 Å². The Balaban J connectivity index is 4.50. The molecule has 0 bridgehead atoms. The first-order valence-corrected chi connectivity index (χ1v) is 5.15. The van der Waals surface area contributed by atoms with Gasteiger partial charge < -0.3 is 20.8 Å². The maximum absolute atomic E-state index is 11.7. The molecule has 7 heteroatoms. The van der Waals surface area contributed by atoms with Crippen molar-refractivity contribution >= 4 is 17.8 Å². The lowest BCUT2D eigenvalue weighted by molar-refractivity contribution is -0.143. The normalized spacial score (nSPS) is 12.9. The van der Waals surface area contributed by atoms with Crippen molar-refractivity contribution in [1.29, 1.82) is 0 Å². The van der Waals surface area contributed by atoms with E-state index in [1.165, 1.54) is 0 Å². The quantitative estimate of drug-likeness (QED) is 0.477. The van der Waals surface area contributed by atoms with Crippen molar-refractivity contribution in [3.05, 3.63) is 0 Å². The van der Waals surface area contributed by atoms with E-state index in [2.05, 4.69) is 10.6 Å². The van der Waals surface area contributed by atoms with Gasteiger partial charge in [0.1, 0.15) is 6.04 Å². The predicted octanol–water partition coefficient (Wildman–Crippen LogP) is -0.581. The summed E-state index contributed by atoms with van der Waals surface area (Å²) < 4.78 is 0. The third kappa shape index (κ3) is 5.30. The molecule has 4 N–H and O–H groups in total. The summed E-state index contributed by atoms with van der Waals surface area (Å²) in [6.45, 7) is 3.19. The van der Waals surface area contributed by atoms with Crippen LogP contribution in [0.3, 0.4) is 0 Å². The summed E-state index contributed by atoms with van der Waals surface area (Å²) in [7, 11) is 1.58. The molecule has 98 valence electrons. The average Bonchev–Trinajstić information content (AvgIpc) is 2.22. The Hall–Kier alpha value is -1.63. The van der Waals surface area contributed by atoms with Crippen LogP contribution in [0.25, 0.3) is 0 Å². The highest BCUT2D eigenvalue weighted by Crippen LogP contribution is 2.04. The maximum Gasteiger partial charge on any atom is 0.326 e. The molecular weight excluding hydrogens is 228 g/mol. The van der Waals surface area contributed by atoms with Gasteiger partial charge in [0.2, 0.25) is 5.91 Å². The number of carboxylic acid groups (broad SMARTS) is 2. The van der Waals surface area contributed by atoms with Gasteiger partial charge in [0, 0.05) is 6.42 Å². The zero-order chi connectivity index (χ0) is 13.6. The van der Waals surface area contributed by atoms with Gasteiger partial charge in [-0.1, -0.05) is 0 Å². The number of hydrogen-bond acceptors (Lipinski definition) is 4. The van der Waals surface area contributed by atoms with Crippen molar-refractivity contribution < 1.29 is 24.6 Å². The summed E-state index contributed by atoms with van der Waals surface area (Å²) in [6, 6.07) is -1.19. The fraction of sp³-hybridized carbons (Fsp3) is 0.700. The van der Waals surface area contributed by atoms with Gasteiger partial charge in [-0.05, 0) is 27.3 Å². The molecule has 1 unspecified atom stereocenters. The topological polar surface area (TPSA) is 116 Å². The Morgan fingerprint density at radius 2 is 1.76 bits per heavy atom. The van der Waals surface area contributed by atoms with Crippen molar-refractivity contribution in [3.8, 4) is 0 Å². The van der Waals surface area contributed by atoms with Crippen LogP contribution >= 0.6 is 0 Å². The molecule has 0 heterocycles. The minimum Gasteiger partial charge on any atom is -0.481 e. The minimum absolute atomic E-state index is 0.143. The largest absolute Gasteiger partial charge is 0.481 e. The summed E-state index contributed by atoms with van der Waals surface area (Å²) in [4.78, 5) is 32.9. The molecule has 0 spiro atoms. The van der Waals surface area contributed by atoms with E-state index in [4.69, 9.17) is 10.2 Å². The van der Waals surface area contributed by atoms with Gasteiger partial charge in [0.15, 0.2) is 0 Å². The second-order valence-corrected chi connectivity index (χ2v) is 4.17. The first kappa shape index (κ1) is 15.4. The van der Waals surface area contributed by atoms with E-state index in [1.54, 1.807) is 20.9 Å². The molecule has 1 atom stereocenters. The van der Waals surface area contributed by atoms with Gasteiger partial charge in [-0.15, -0.1) is 0 Å². The smallest absolute Gasteiger partial charge is 0.326 e. The monoisotopic (exact) mass is 246 g/mol. The predicted molar refractivity (Wildman–Crippen MR) is 59.6 cm³/mol. The number of carboxylic acids is 2. The lowest BCUT2D eigenvalue weighted by Gasteiger charge is -2.25. The molecule has 17 heavy (non-hydrogen) atoms. The molecule has 0 fully saturated rings. The number of rotatable bonds is 7. The van der Waals surface area contributed by atoms with E-state index in [1.807, 2.05) is 0 Å². The van der Waals surface area contributed by atoms with Gasteiger partial charge in [0.25, 0.3) is 0 Å². The summed E-state index contributed by atoms with van der Waals surface area (Å²) >= 11 is 0. The van der Waals surface area contributed by atoms with Crippen LogP contribution in [-0.4, -0.2) is 46.7 Å². The van der Waals surface area contributed by atoms with Crippen LogP contribution in [-0.2, 0) is 14.4 Å². The molecule has 0 rings (SSSR count). The van der Waals surface area contributed by atoms with Crippen molar-refractivity contribution in [3.63, 3.8) is 0 Å². The van der Waals surface area contributed by atoms with Gasteiger partial charge >= 0.3 is 11.9 Å². The second-order valence-electron chi connectivity index (χ2n) is 4.17. The maximum atomic E-state index is 11.7. The van der Waals surface area contributed by atoms with Gasteiger partial charge in [-0.3, -0.25) is 9.59 Å². The zero-order valence-corrected chi connectivity index (χ0v) is 10.1. The number of nitrogens with one attached hydrogen (secondary N) is 2. The van der Waals surface area contributed by atoms with E-state index in [0.717, 1.165) is 0 Å². The van der Waals surface area contributed by atoms with Crippen molar-refractivity contribution in [1.82, 2.24) is 10.6 Å². The minimum atomic E-state index is -1.24. The number of likely N-dealkylation sites (N-methyl/N-ethyl adjacent to an activating group) is 1. The number of carbonyl (C=O) groups excluding carboxylic acids is 1. The molecule has 0 saturated carbocycles. The van der Waals surface area contributed by atoms with Crippen molar-refractivity contribution in [2.24, 2.45) is 0 Å². The summed E-state index contributed by atoms with van der Waals surface area (Å²) in [5.74, 6) is -2.83. The highest BCUT2D eigenvalue weighted by atomic mass is 16.4. The summed E-state index contributed by atoms with van der Waals surface area (Å²) in [6.07, 6.45) is -0.451. The molecule has 0 aliphatic heterocycles. The van der Waals surface area contributed by atoms with Crippen LogP contribution in [0, 0.1) is 0 Å². The molecule has 0 aromatic heterocycles. The van der Waals surface area contributed by atoms with Crippen LogP contribution in [0.2, 0.25) is 0 Å². The second kappa shape index (κ2) is 6.19. The number of aliphatic carboxylic acids is 2. The van der Waals surface area contributed by atoms with Crippen LogP contribution in [0.4, 0.5) is 0 Å². The van der Waals surface area contributed by atoms with E-state index < -0.39 is 29.4 Å². The van der Waals surface area contributed by atoms with E-state index in [9.17, 15) is 14.4 Å². The third-order valence-electron chi connectivity index (χ3n) is 2.44. The Morgan fingerprint density at radius 3 is 2.12 bits per heavy atom. The lowest BCUT2D eigenvalue weighted by Crippen LogP contribution is -2.55. The standard InChI is InChI=1S/C10H18N2O5/c1-10(2,11-3)9(17)12-6(8(15)16)4-5-7(13)14/h6,11H,4-5H2,1-3H3,(H,12,17)(H,13,14)(H,15,16). The number of carbonyl (C=O) groups is 3. The number of amides is 1. The Bertz CT molecular complexity index is 314. The Kier molecular flexibility index (Phi) is 5.60. The van der Waals surface area contributed by atoms with Crippen LogP contribution in [0.15, 0.2) is 0 Å². The molecule has 0 radical (unpaired) electrons. The Labute approximate surface area is 99.2 Å². The highest BCUT2D eigenvalue weighted by molar-refractivity contribution is 5.89. The van der Waals surface area contributed by atoms with Crippen molar-refractivity contribution in [2.45, 2.75) is 38.3 Å². The fourth-order valence-corrected chi connectivity index (χ4v) is 0.977. The third-order valence-corrected chi connectivity index (χ3v) is 2.44. The van der Waals surface area contributed by atoms with Crippen LogP contribution in [0.1, 0.15) is 26.7 Å². The zero-order valence-electron chi connectivity index (χ0n) is 10.1. The molecule has 0 aromatic rings. The summed E-state index contributed by atoms with van der Waals surface area (Å²) in [5, 5.41) is 22.3. The molecule has 0 aliphatic carbocycles. The van der Waals surface area contributed by atoms with Crippen molar-refractivity contribution in [2.75, 3.05) is 7.05 Å². The van der Waals surface area contributed by atoms with Crippen LogP contribution in [0.5, 0.6) is 0 Å². The molecule has 0 aromatic carbocycles. The first-order chi connectivity index (χ1) is 7.70. The summed E-state index contributed by atoms with van der Waals surface area (Å²) in [5.41, 5.74) is -0.906. The van der Waals surface area contributed by atoms with Gasteiger partial charge in [-0.25, -0.2) is 4.79 Å². The molecule has 0 aliphatic rings. The molecule has 7 nitrogen and oxygen atoms in total. The van der Waals surface area contributed by atoms with E-state index in [0.29, 0.717) is 0 Å². The van der Waals surface area contributed by atoms with Crippen LogP contribution < -0.4 is 10.6 Å². The van der Waals surface area contributed by atoms with E-state index >= 15 is 0 Å². The van der Waals surface area contributed by atoms with E-state index in [-0.39, 0.29) is 12.8 Å². The molecule has 0 saturated heterocycles. The average molecular weight is 246 g/mol. The van der Waals surface area contributed by atoms with Gasteiger partial charge in [0.05, 0.1) is 5.54 Å². The Morgan fingerprint density at radius 1 is 1.24 bits per heavy atom. The highest BCUT2D eigenvalue weighted by Gasteiger charge is 2.29. The fourth-order valence-electron chi connectivity index (χ4n) is 0.977. The number of hydrogen-bond donors (Lipinski definition) is 4. The lowest BCUT2D eigenvalue weighted by atomic mass is 10.0.